The van der Waals surface area contributed by atoms with E-state index in [1.165, 1.54) is 0 Å². The second-order valence-corrected chi connectivity index (χ2v) is 10.2. The summed E-state index contributed by atoms with van der Waals surface area (Å²) < 4.78 is 25.6. The van der Waals surface area contributed by atoms with E-state index in [2.05, 4.69) is 10.00 Å². The quantitative estimate of drug-likeness (QED) is 0.786. The molecule has 2 fully saturated rings. The van der Waals surface area contributed by atoms with Crippen LogP contribution >= 0.6 is 11.3 Å². The van der Waals surface area contributed by atoms with E-state index in [0.717, 1.165) is 23.7 Å². The summed E-state index contributed by atoms with van der Waals surface area (Å²) in [6.45, 7) is 3.08. The highest BCUT2D eigenvalue weighted by Gasteiger charge is 2.33. The number of thiophene rings is 1. The van der Waals surface area contributed by atoms with Crippen molar-refractivity contribution < 1.29 is 13.2 Å². The van der Waals surface area contributed by atoms with E-state index < -0.39 is 9.84 Å². The molecule has 2 aromatic heterocycles. The van der Waals surface area contributed by atoms with Crippen LogP contribution in [0, 0.1) is 0 Å². The number of carbonyl (C=O) groups is 1. The topological polar surface area (TPSA) is 75.5 Å². The molecular weight excluding hydrogens is 372 g/mol. The molecule has 0 bridgehead atoms. The van der Waals surface area contributed by atoms with Gasteiger partial charge in [-0.15, -0.1) is 11.3 Å². The number of sulfone groups is 1. The number of rotatable bonds is 3. The molecule has 140 valence electrons. The van der Waals surface area contributed by atoms with Crippen LogP contribution in [0.2, 0.25) is 0 Å². The predicted molar refractivity (Wildman–Crippen MR) is 101 cm³/mol. The van der Waals surface area contributed by atoms with Gasteiger partial charge in [0.1, 0.15) is 0 Å². The van der Waals surface area contributed by atoms with Crippen molar-refractivity contribution in [1.29, 1.82) is 0 Å². The van der Waals surface area contributed by atoms with Crippen molar-refractivity contribution in [2.45, 2.75) is 12.5 Å². The lowest BCUT2D eigenvalue weighted by Gasteiger charge is -2.31. The van der Waals surface area contributed by atoms with Crippen LogP contribution in [0.5, 0.6) is 0 Å². The first-order valence-electron chi connectivity index (χ1n) is 8.74. The van der Waals surface area contributed by atoms with Gasteiger partial charge in [0.2, 0.25) is 0 Å². The van der Waals surface area contributed by atoms with Crippen LogP contribution in [-0.2, 0) is 9.84 Å². The van der Waals surface area contributed by atoms with Gasteiger partial charge >= 0.3 is 0 Å². The van der Waals surface area contributed by atoms with Gasteiger partial charge in [-0.2, -0.15) is 5.10 Å². The number of nitrogens with zero attached hydrogens (tertiary/aromatic N) is 4. The van der Waals surface area contributed by atoms with Crippen molar-refractivity contribution in [3.05, 3.63) is 29.3 Å². The number of piperazine rings is 1. The maximum atomic E-state index is 12.9. The first-order valence-corrected chi connectivity index (χ1v) is 11.4. The maximum Gasteiger partial charge on any atom is 0.274 e. The zero-order valence-electron chi connectivity index (χ0n) is 14.7. The molecule has 0 aromatic carbocycles. The zero-order valence-corrected chi connectivity index (χ0v) is 16.3. The highest BCUT2D eigenvalue weighted by atomic mass is 32.2. The van der Waals surface area contributed by atoms with Gasteiger partial charge in [-0.1, -0.05) is 6.07 Å². The second kappa shape index (κ2) is 6.79. The third-order valence-electron chi connectivity index (χ3n) is 5.07. The third kappa shape index (κ3) is 3.43. The average Bonchev–Trinajstić information content (AvgIpc) is 3.33. The molecule has 0 spiro atoms. The van der Waals surface area contributed by atoms with Gasteiger partial charge in [0.15, 0.2) is 15.5 Å². The van der Waals surface area contributed by atoms with Gasteiger partial charge in [-0.25, -0.2) is 8.42 Å². The van der Waals surface area contributed by atoms with Gasteiger partial charge < -0.3 is 9.80 Å². The van der Waals surface area contributed by atoms with Crippen molar-refractivity contribution in [3.63, 3.8) is 0 Å². The fourth-order valence-corrected chi connectivity index (χ4v) is 5.95. The summed E-state index contributed by atoms with van der Waals surface area (Å²) in [4.78, 5) is 17.9. The number of hydrogen-bond donors (Lipinski definition) is 0. The van der Waals surface area contributed by atoms with Gasteiger partial charge in [0.05, 0.1) is 28.1 Å². The maximum absolute atomic E-state index is 12.9. The summed E-state index contributed by atoms with van der Waals surface area (Å²) >= 11 is 1.57. The van der Waals surface area contributed by atoms with Crippen LogP contribution in [-0.4, -0.2) is 78.6 Å². The molecule has 1 amide bonds. The Morgan fingerprint density at radius 2 is 2.04 bits per heavy atom. The summed E-state index contributed by atoms with van der Waals surface area (Å²) in [5.74, 6) is 0.203. The summed E-state index contributed by atoms with van der Waals surface area (Å²) in [5, 5.41) is 6.53. The highest BCUT2D eigenvalue weighted by Crippen LogP contribution is 2.32. The molecule has 1 atom stereocenters. The zero-order chi connectivity index (χ0) is 18.3. The molecule has 1 unspecified atom stereocenters. The van der Waals surface area contributed by atoms with Gasteiger partial charge in [-0.3, -0.25) is 9.48 Å². The molecule has 4 heterocycles. The molecular formula is C17H22N4O3S2. The molecule has 0 aliphatic carbocycles. The van der Waals surface area contributed by atoms with E-state index in [1.54, 1.807) is 16.0 Å². The Kier molecular flexibility index (Phi) is 4.62. The van der Waals surface area contributed by atoms with Gasteiger partial charge in [-0.05, 0) is 31.0 Å². The Labute approximate surface area is 157 Å². The minimum atomic E-state index is -3.03. The Bertz CT molecular complexity index is 897. The van der Waals surface area contributed by atoms with Crippen molar-refractivity contribution in [1.82, 2.24) is 19.6 Å². The molecule has 2 aromatic rings. The van der Waals surface area contributed by atoms with Crippen LogP contribution in [0.25, 0.3) is 10.6 Å². The lowest BCUT2D eigenvalue weighted by Crippen LogP contribution is -2.47. The summed E-state index contributed by atoms with van der Waals surface area (Å²) in [6, 6.07) is 5.54. The monoisotopic (exact) mass is 394 g/mol. The van der Waals surface area contributed by atoms with E-state index in [-0.39, 0.29) is 23.5 Å². The lowest BCUT2D eigenvalue weighted by molar-refractivity contribution is 0.0657. The summed E-state index contributed by atoms with van der Waals surface area (Å²) in [5.41, 5.74) is 1.24. The van der Waals surface area contributed by atoms with Crippen LogP contribution in [0.1, 0.15) is 23.0 Å². The minimum absolute atomic E-state index is 0.0736. The van der Waals surface area contributed by atoms with E-state index in [1.807, 2.05) is 35.5 Å². The summed E-state index contributed by atoms with van der Waals surface area (Å²) in [7, 11) is -0.977. The normalized spacial score (nSPS) is 23.4. The van der Waals surface area contributed by atoms with Crippen LogP contribution in [0.3, 0.4) is 0 Å². The first kappa shape index (κ1) is 17.7. The molecule has 7 nitrogen and oxygen atoms in total. The summed E-state index contributed by atoms with van der Waals surface area (Å²) in [6.07, 6.45) is 0.546. The third-order valence-corrected chi connectivity index (χ3v) is 7.72. The standard InChI is InChI=1S/C17H22N4O3S2/c1-19-5-7-20(8-6-19)17(22)14-11-15(16-3-2-9-25-16)21(18-14)13-4-10-26(23,24)12-13/h2-3,9,11,13H,4-8,10,12H2,1H3. The van der Waals surface area contributed by atoms with Crippen LogP contribution in [0.4, 0.5) is 0 Å². The van der Waals surface area contributed by atoms with E-state index in [4.69, 9.17) is 0 Å². The van der Waals surface area contributed by atoms with Gasteiger partial charge in [0.25, 0.3) is 5.91 Å². The van der Waals surface area contributed by atoms with E-state index in [0.29, 0.717) is 25.2 Å². The molecule has 4 rings (SSSR count). The largest absolute Gasteiger partial charge is 0.335 e. The Morgan fingerprint density at radius 3 is 2.65 bits per heavy atom. The molecule has 2 aliphatic heterocycles. The Hall–Kier alpha value is -1.71. The first-order chi connectivity index (χ1) is 12.4. The Morgan fingerprint density at radius 1 is 1.27 bits per heavy atom. The van der Waals surface area contributed by atoms with Crippen LogP contribution < -0.4 is 0 Å². The number of amides is 1. The number of aromatic nitrogens is 2. The van der Waals surface area contributed by atoms with Crippen molar-refractivity contribution in [2.75, 3.05) is 44.7 Å². The molecule has 9 heteroatoms. The molecule has 2 saturated heterocycles. The lowest BCUT2D eigenvalue weighted by atomic mass is 10.2. The van der Waals surface area contributed by atoms with Crippen molar-refractivity contribution >= 4 is 27.1 Å². The van der Waals surface area contributed by atoms with Crippen molar-refractivity contribution in [2.24, 2.45) is 0 Å². The number of carbonyl (C=O) groups excluding carboxylic acids is 1. The molecule has 0 saturated carbocycles. The second-order valence-electron chi connectivity index (χ2n) is 6.99. The highest BCUT2D eigenvalue weighted by molar-refractivity contribution is 7.91. The van der Waals surface area contributed by atoms with Crippen molar-refractivity contribution in [3.8, 4) is 10.6 Å². The Balaban J connectivity index is 1.66. The van der Waals surface area contributed by atoms with Crippen LogP contribution in [0.15, 0.2) is 23.6 Å². The minimum Gasteiger partial charge on any atom is -0.335 e. The van der Waals surface area contributed by atoms with E-state index in [9.17, 15) is 13.2 Å². The van der Waals surface area contributed by atoms with E-state index >= 15 is 0 Å². The molecule has 26 heavy (non-hydrogen) atoms. The fraction of sp³-hybridized carbons (Fsp3) is 0.529. The van der Waals surface area contributed by atoms with Gasteiger partial charge in [0, 0.05) is 26.2 Å². The molecule has 0 N–H and O–H groups in total. The average molecular weight is 395 g/mol. The number of likely N-dealkylation sites (N-methyl/N-ethyl adjacent to an activating group) is 1. The fourth-order valence-electron chi connectivity index (χ4n) is 3.53. The SMILES string of the molecule is CN1CCN(C(=O)c2cc(-c3cccs3)n(C3CCS(=O)(=O)C3)n2)CC1. The molecule has 2 aliphatic rings. The molecule has 0 radical (unpaired) electrons. The predicted octanol–water partition coefficient (Wildman–Crippen LogP) is 1.36. The smallest absolute Gasteiger partial charge is 0.274 e. The number of hydrogen-bond acceptors (Lipinski definition) is 6.